The van der Waals surface area contributed by atoms with E-state index >= 15 is 0 Å². The van der Waals surface area contributed by atoms with Gasteiger partial charge in [-0.25, -0.2) is 4.79 Å². The van der Waals surface area contributed by atoms with Crippen molar-refractivity contribution >= 4 is 23.0 Å². The third kappa shape index (κ3) is 3.23. The Morgan fingerprint density at radius 1 is 1.67 bits per heavy atom. The Morgan fingerprint density at radius 2 is 2.33 bits per heavy atom. The standard InChI is InChI=1S/C11H17NO2S/c1-4-5-7(2)14-11(13)10-6-9(12)8(3)15-10/h6-7H,4-5,12H2,1-3H3. The molecule has 0 saturated heterocycles. The highest BCUT2D eigenvalue weighted by atomic mass is 32.1. The molecule has 0 saturated carbocycles. The minimum Gasteiger partial charge on any atom is -0.458 e. The van der Waals surface area contributed by atoms with Crippen LogP contribution >= 0.6 is 11.3 Å². The van der Waals surface area contributed by atoms with E-state index in [1.54, 1.807) is 6.07 Å². The third-order valence-electron chi connectivity index (χ3n) is 2.16. The smallest absolute Gasteiger partial charge is 0.348 e. The van der Waals surface area contributed by atoms with Crippen LogP contribution in [-0.4, -0.2) is 12.1 Å². The molecule has 1 unspecified atom stereocenters. The molecule has 1 heterocycles. The average molecular weight is 227 g/mol. The molecule has 0 aliphatic heterocycles. The van der Waals surface area contributed by atoms with E-state index in [0.717, 1.165) is 17.7 Å². The van der Waals surface area contributed by atoms with Gasteiger partial charge in [0.1, 0.15) is 4.88 Å². The molecular weight excluding hydrogens is 210 g/mol. The number of aryl methyl sites for hydroxylation is 1. The fraction of sp³-hybridized carbons (Fsp3) is 0.545. The number of hydrogen-bond donors (Lipinski definition) is 1. The van der Waals surface area contributed by atoms with Crippen molar-refractivity contribution in [3.8, 4) is 0 Å². The summed E-state index contributed by atoms with van der Waals surface area (Å²) in [6.07, 6.45) is 1.89. The summed E-state index contributed by atoms with van der Waals surface area (Å²) in [5.74, 6) is -0.263. The zero-order chi connectivity index (χ0) is 11.4. The molecular formula is C11H17NO2S. The number of anilines is 1. The zero-order valence-corrected chi connectivity index (χ0v) is 10.2. The Kier molecular flexibility index (Phi) is 4.15. The first-order chi connectivity index (χ1) is 7.04. The highest BCUT2D eigenvalue weighted by Gasteiger charge is 2.14. The number of carbonyl (C=O) groups excluding carboxylic acids is 1. The van der Waals surface area contributed by atoms with Gasteiger partial charge in [-0.15, -0.1) is 11.3 Å². The van der Waals surface area contributed by atoms with Crippen LogP contribution in [-0.2, 0) is 4.74 Å². The van der Waals surface area contributed by atoms with Gasteiger partial charge in [0.05, 0.1) is 6.10 Å². The topological polar surface area (TPSA) is 52.3 Å². The lowest BCUT2D eigenvalue weighted by atomic mass is 10.2. The summed E-state index contributed by atoms with van der Waals surface area (Å²) in [7, 11) is 0. The molecule has 2 N–H and O–H groups in total. The molecule has 1 rings (SSSR count). The number of thiophene rings is 1. The van der Waals surface area contributed by atoms with E-state index in [9.17, 15) is 4.79 Å². The minimum atomic E-state index is -0.263. The summed E-state index contributed by atoms with van der Waals surface area (Å²) in [5.41, 5.74) is 6.33. The molecule has 84 valence electrons. The third-order valence-corrected chi connectivity index (χ3v) is 3.21. The van der Waals surface area contributed by atoms with Gasteiger partial charge in [-0.05, 0) is 26.3 Å². The van der Waals surface area contributed by atoms with Crippen LogP contribution in [0.15, 0.2) is 6.07 Å². The van der Waals surface area contributed by atoms with Crippen LogP contribution in [0.25, 0.3) is 0 Å². The van der Waals surface area contributed by atoms with Gasteiger partial charge in [-0.1, -0.05) is 13.3 Å². The first-order valence-corrected chi connectivity index (χ1v) is 5.93. The molecule has 3 nitrogen and oxygen atoms in total. The Morgan fingerprint density at radius 3 is 2.80 bits per heavy atom. The summed E-state index contributed by atoms with van der Waals surface area (Å²) in [5, 5.41) is 0. The lowest BCUT2D eigenvalue weighted by Crippen LogP contribution is -2.13. The predicted octanol–water partition coefficient (Wildman–Crippen LogP) is 2.98. The summed E-state index contributed by atoms with van der Waals surface area (Å²) >= 11 is 1.38. The van der Waals surface area contributed by atoms with Crippen molar-refractivity contribution in [2.24, 2.45) is 0 Å². The van der Waals surface area contributed by atoms with Gasteiger partial charge in [0, 0.05) is 10.6 Å². The lowest BCUT2D eigenvalue weighted by molar-refractivity contribution is 0.0329. The highest BCUT2D eigenvalue weighted by Crippen LogP contribution is 2.24. The van der Waals surface area contributed by atoms with Crippen molar-refractivity contribution in [2.75, 3.05) is 5.73 Å². The number of nitrogen functional groups attached to an aromatic ring is 1. The van der Waals surface area contributed by atoms with Gasteiger partial charge >= 0.3 is 5.97 Å². The van der Waals surface area contributed by atoms with Gasteiger partial charge in [0.2, 0.25) is 0 Å². The van der Waals surface area contributed by atoms with Crippen LogP contribution in [0.5, 0.6) is 0 Å². The zero-order valence-electron chi connectivity index (χ0n) is 9.37. The van der Waals surface area contributed by atoms with Crippen LogP contribution < -0.4 is 5.73 Å². The summed E-state index contributed by atoms with van der Waals surface area (Å²) in [6.45, 7) is 5.87. The monoisotopic (exact) mass is 227 g/mol. The van der Waals surface area contributed by atoms with E-state index in [0.29, 0.717) is 10.6 Å². The van der Waals surface area contributed by atoms with Crippen molar-refractivity contribution < 1.29 is 9.53 Å². The first kappa shape index (κ1) is 12.0. The van der Waals surface area contributed by atoms with Gasteiger partial charge < -0.3 is 10.5 Å². The number of ether oxygens (including phenoxy) is 1. The minimum absolute atomic E-state index is 0.0221. The van der Waals surface area contributed by atoms with Crippen molar-refractivity contribution in [3.63, 3.8) is 0 Å². The Labute approximate surface area is 94.2 Å². The molecule has 0 aliphatic carbocycles. The van der Waals surface area contributed by atoms with Crippen molar-refractivity contribution in [2.45, 2.75) is 39.7 Å². The molecule has 0 aromatic carbocycles. The number of nitrogens with two attached hydrogens (primary N) is 1. The number of carbonyl (C=O) groups is 1. The molecule has 0 amide bonds. The second kappa shape index (κ2) is 5.16. The Bertz CT molecular complexity index is 327. The quantitative estimate of drug-likeness (QED) is 0.804. The number of esters is 1. The second-order valence-electron chi connectivity index (χ2n) is 3.63. The molecule has 0 aliphatic rings. The molecule has 1 aromatic rings. The van der Waals surface area contributed by atoms with Gasteiger partial charge in [0.25, 0.3) is 0 Å². The van der Waals surface area contributed by atoms with Gasteiger partial charge in [-0.2, -0.15) is 0 Å². The van der Waals surface area contributed by atoms with E-state index in [2.05, 4.69) is 6.92 Å². The maximum atomic E-state index is 11.6. The van der Waals surface area contributed by atoms with Crippen molar-refractivity contribution in [1.29, 1.82) is 0 Å². The van der Waals surface area contributed by atoms with Crippen LogP contribution in [0.1, 0.15) is 41.2 Å². The largest absolute Gasteiger partial charge is 0.458 e. The van der Waals surface area contributed by atoms with Crippen LogP contribution in [0.3, 0.4) is 0 Å². The average Bonchev–Trinajstić information content (AvgIpc) is 2.47. The van der Waals surface area contributed by atoms with Crippen molar-refractivity contribution in [3.05, 3.63) is 15.8 Å². The summed E-state index contributed by atoms with van der Waals surface area (Å²) < 4.78 is 5.26. The molecule has 15 heavy (non-hydrogen) atoms. The molecule has 0 spiro atoms. The lowest BCUT2D eigenvalue weighted by Gasteiger charge is -2.10. The first-order valence-electron chi connectivity index (χ1n) is 5.11. The molecule has 0 fully saturated rings. The summed E-state index contributed by atoms with van der Waals surface area (Å²) in [6, 6.07) is 1.68. The normalized spacial score (nSPS) is 12.5. The highest BCUT2D eigenvalue weighted by molar-refractivity contribution is 7.14. The van der Waals surface area contributed by atoms with Crippen molar-refractivity contribution in [1.82, 2.24) is 0 Å². The molecule has 0 radical (unpaired) electrons. The maximum Gasteiger partial charge on any atom is 0.348 e. The summed E-state index contributed by atoms with van der Waals surface area (Å²) in [4.78, 5) is 13.2. The number of rotatable bonds is 4. The molecule has 4 heteroatoms. The van der Waals surface area contributed by atoms with E-state index in [-0.39, 0.29) is 12.1 Å². The Hall–Kier alpha value is -1.03. The second-order valence-corrected chi connectivity index (χ2v) is 4.88. The van der Waals surface area contributed by atoms with E-state index in [1.807, 2.05) is 13.8 Å². The fourth-order valence-corrected chi connectivity index (χ4v) is 2.13. The molecule has 1 aromatic heterocycles. The Balaban J connectivity index is 2.61. The van der Waals surface area contributed by atoms with Crippen LogP contribution in [0.4, 0.5) is 5.69 Å². The predicted molar refractivity (Wildman–Crippen MR) is 63.3 cm³/mol. The van der Waals surface area contributed by atoms with E-state index < -0.39 is 0 Å². The number of hydrogen-bond acceptors (Lipinski definition) is 4. The molecule has 1 atom stereocenters. The van der Waals surface area contributed by atoms with Gasteiger partial charge in [0.15, 0.2) is 0 Å². The molecule has 0 bridgehead atoms. The van der Waals surface area contributed by atoms with E-state index in [4.69, 9.17) is 10.5 Å². The maximum absolute atomic E-state index is 11.6. The van der Waals surface area contributed by atoms with Crippen LogP contribution in [0, 0.1) is 6.92 Å². The van der Waals surface area contributed by atoms with Gasteiger partial charge in [-0.3, -0.25) is 0 Å². The van der Waals surface area contributed by atoms with E-state index in [1.165, 1.54) is 11.3 Å². The SMILES string of the molecule is CCCC(C)OC(=O)c1cc(N)c(C)s1. The van der Waals surface area contributed by atoms with Crippen LogP contribution in [0.2, 0.25) is 0 Å². The fourth-order valence-electron chi connectivity index (χ4n) is 1.30.